The van der Waals surface area contributed by atoms with Crippen LogP contribution in [0.3, 0.4) is 0 Å². The van der Waals surface area contributed by atoms with Crippen molar-refractivity contribution in [1.29, 1.82) is 0 Å². The molecule has 0 aromatic heterocycles. The molecule has 0 bridgehead atoms. The highest BCUT2D eigenvalue weighted by Gasteiger charge is 2.45. The van der Waals surface area contributed by atoms with Crippen LogP contribution in [0.4, 0.5) is 5.69 Å². The van der Waals surface area contributed by atoms with Crippen LogP contribution in [0.1, 0.15) is 39.2 Å². The van der Waals surface area contributed by atoms with Gasteiger partial charge >= 0.3 is 0 Å². The van der Waals surface area contributed by atoms with Crippen molar-refractivity contribution >= 4 is 11.6 Å². The summed E-state index contributed by atoms with van der Waals surface area (Å²) in [5, 5.41) is 12.8. The smallest absolute Gasteiger partial charge is 0.228 e. The van der Waals surface area contributed by atoms with Gasteiger partial charge in [-0.2, -0.15) is 0 Å². The van der Waals surface area contributed by atoms with Crippen LogP contribution in [0.25, 0.3) is 0 Å². The van der Waals surface area contributed by atoms with E-state index in [1.54, 1.807) is 12.1 Å². The van der Waals surface area contributed by atoms with Crippen LogP contribution in [0.2, 0.25) is 0 Å². The topological polar surface area (TPSA) is 75.3 Å². The molecule has 1 amide bonds. The van der Waals surface area contributed by atoms with Crippen molar-refractivity contribution in [2.75, 3.05) is 5.32 Å². The molecule has 2 rings (SSSR count). The summed E-state index contributed by atoms with van der Waals surface area (Å²) in [5.74, 6) is 0.271. The SMILES string of the molecule is Cc1ccc(O)c(NC(=O)C2CCC(N)C(C)C2(C)C)c1. The minimum atomic E-state index is -0.152. The van der Waals surface area contributed by atoms with Crippen LogP contribution in [0.5, 0.6) is 5.75 Å². The summed E-state index contributed by atoms with van der Waals surface area (Å²) < 4.78 is 0. The molecule has 1 aliphatic rings. The highest BCUT2D eigenvalue weighted by atomic mass is 16.3. The third-order valence-electron chi connectivity index (χ3n) is 5.23. The number of hydrogen-bond acceptors (Lipinski definition) is 3. The number of carbonyl (C=O) groups excluding carboxylic acids is 1. The molecule has 4 nitrogen and oxygen atoms in total. The molecule has 0 spiro atoms. The molecule has 1 aromatic carbocycles. The molecular weight excluding hydrogens is 264 g/mol. The molecular formula is C17H26N2O2. The van der Waals surface area contributed by atoms with Crippen LogP contribution < -0.4 is 11.1 Å². The van der Waals surface area contributed by atoms with Crippen molar-refractivity contribution in [2.24, 2.45) is 23.0 Å². The Kier molecular flexibility index (Phi) is 4.28. The van der Waals surface area contributed by atoms with Crippen molar-refractivity contribution in [3.63, 3.8) is 0 Å². The number of carbonyl (C=O) groups is 1. The first-order valence-electron chi connectivity index (χ1n) is 7.59. The quantitative estimate of drug-likeness (QED) is 0.733. The van der Waals surface area contributed by atoms with E-state index in [2.05, 4.69) is 26.1 Å². The van der Waals surface area contributed by atoms with Gasteiger partial charge in [0.1, 0.15) is 5.75 Å². The number of phenolic OH excluding ortho intramolecular Hbond substituents is 1. The summed E-state index contributed by atoms with van der Waals surface area (Å²) >= 11 is 0. The normalized spacial score (nSPS) is 28.1. The number of rotatable bonds is 2. The van der Waals surface area contributed by atoms with Crippen LogP contribution in [-0.2, 0) is 4.79 Å². The Morgan fingerprint density at radius 3 is 2.71 bits per heavy atom. The standard InChI is InChI=1S/C17H26N2O2/c1-10-5-8-15(20)14(9-10)19-16(21)12-6-7-13(18)11(2)17(12,3)4/h5,8-9,11-13,20H,6-7,18H2,1-4H3,(H,19,21). The lowest BCUT2D eigenvalue weighted by atomic mass is 9.61. The fourth-order valence-electron chi connectivity index (χ4n) is 3.29. The molecule has 0 aliphatic heterocycles. The maximum absolute atomic E-state index is 12.6. The Labute approximate surface area is 126 Å². The average molecular weight is 290 g/mol. The van der Waals surface area contributed by atoms with E-state index in [9.17, 15) is 9.90 Å². The van der Waals surface area contributed by atoms with E-state index in [0.717, 1.165) is 18.4 Å². The first-order valence-corrected chi connectivity index (χ1v) is 7.59. The highest BCUT2D eigenvalue weighted by Crippen LogP contribution is 2.45. The third-order valence-corrected chi connectivity index (χ3v) is 5.23. The Morgan fingerprint density at radius 1 is 1.38 bits per heavy atom. The highest BCUT2D eigenvalue weighted by molar-refractivity contribution is 5.94. The van der Waals surface area contributed by atoms with Crippen molar-refractivity contribution in [3.05, 3.63) is 23.8 Å². The van der Waals surface area contributed by atoms with Crippen molar-refractivity contribution in [2.45, 2.75) is 46.6 Å². The minimum Gasteiger partial charge on any atom is -0.506 e. The van der Waals surface area contributed by atoms with Crippen molar-refractivity contribution < 1.29 is 9.90 Å². The summed E-state index contributed by atoms with van der Waals surface area (Å²) in [5.41, 5.74) is 7.48. The van der Waals surface area contributed by atoms with Crippen LogP contribution >= 0.6 is 0 Å². The Balaban J connectivity index is 2.18. The van der Waals surface area contributed by atoms with Gasteiger partial charge in [-0.15, -0.1) is 0 Å². The maximum Gasteiger partial charge on any atom is 0.228 e. The van der Waals surface area contributed by atoms with Crippen LogP contribution in [0, 0.1) is 24.2 Å². The first-order chi connectivity index (χ1) is 9.73. The van der Waals surface area contributed by atoms with Gasteiger partial charge in [0.15, 0.2) is 0 Å². The van der Waals surface area contributed by atoms with E-state index in [1.807, 2.05) is 13.0 Å². The van der Waals surface area contributed by atoms with Gasteiger partial charge in [0.25, 0.3) is 0 Å². The first kappa shape index (κ1) is 15.8. The molecule has 3 unspecified atom stereocenters. The van der Waals surface area contributed by atoms with E-state index >= 15 is 0 Å². The van der Waals surface area contributed by atoms with Gasteiger partial charge in [0.05, 0.1) is 5.69 Å². The molecule has 1 saturated carbocycles. The molecule has 0 saturated heterocycles. The van der Waals surface area contributed by atoms with E-state index in [1.165, 1.54) is 0 Å². The molecule has 1 fully saturated rings. The van der Waals surface area contributed by atoms with E-state index < -0.39 is 0 Å². The number of hydrogen-bond donors (Lipinski definition) is 3. The van der Waals surface area contributed by atoms with Crippen LogP contribution in [-0.4, -0.2) is 17.1 Å². The monoisotopic (exact) mass is 290 g/mol. The summed E-state index contributed by atoms with van der Waals surface area (Å²) in [6.45, 7) is 8.27. The Hall–Kier alpha value is -1.55. The van der Waals surface area contributed by atoms with E-state index in [4.69, 9.17) is 5.73 Å². The van der Waals surface area contributed by atoms with Crippen molar-refractivity contribution in [1.82, 2.24) is 0 Å². The number of anilines is 1. The second-order valence-corrected chi connectivity index (χ2v) is 6.91. The second kappa shape index (κ2) is 5.68. The van der Waals surface area contributed by atoms with Gasteiger partial charge in [-0.25, -0.2) is 0 Å². The number of phenols is 1. The summed E-state index contributed by atoms with van der Waals surface area (Å²) in [4.78, 5) is 12.6. The number of benzene rings is 1. The lowest BCUT2D eigenvalue weighted by Gasteiger charge is -2.46. The second-order valence-electron chi connectivity index (χ2n) is 6.91. The maximum atomic E-state index is 12.6. The minimum absolute atomic E-state index is 0.0281. The zero-order valence-corrected chi connectivity index (χ0v) is 13.3. The van der Waals surface area contributed by atoms with Gasteiger partial charge in [0, 0.05) is 12.0 Å². The molecule has 3 atom stereocenters. The largest absolute Gasteiger partial charge is 0.506 e. The van der Waals surface area contributed by atoms with Gasteiger partial charge in [-0.3, -0.25) is 4.79 Å². The summed E-state index contributed by atoms with van der Waals surface area (Å²) in [7, 11) is 0. The lowest BCUT2D eigenvalue weighted by Crippen LogP contribution is -2.50. The Bertz CT molecular complexity index is 540. The molecule has 116 valence electrons. The predicted molar refractivity (Wildman–Crippen MR) is 85.1 cm³/mol. The number of aromatic hydroxyl groups is 1. The molecule has 21 heavy (non-hydrogen) atoms. The third kappa shape index (κ3) is 3.05. The number of nitrogens with two attached hydrogens (primary N) is 1. The number of amides is 1. The van der Waals surface area contributed by atoms with Gasteiger partial charge in [0.2, 0.25) is 5.91 Å². The number of nitrogens with one attached hydrogen (secondary N) is 1. The predicted octanol–water partition coefficient (Wildman–Crippen LogP) is 3.04. The van der Waals surface area contributed by atoms with Crippen molar-refractivity contribution in [3.8, 4) is 5.75 Å². The molecule has 4 N–H and O–H groups in total. The van der Waals surface area contributed by atoms with Gasteiger partial charge < -0.3 is 16.2 Å². The Morgan fingerprint density at radius 2 is 2.05 bits per heavy atom. The fourth-order valence-corrected chi connectivity index (χ4v) is 3.29. The van der Waals surface area contributed by atoms with Gasteiger partial charge in [-0.05, 0) is 48.8 Å². The molecule has 0 radical (unpaired) electrons. The van der Waals surface area contributed by atoms with Crippen LogP contribution in [0.15, 0.2) is 18.2 Å². The van der Waals surface area contributed by atoms with Gasteiger partial charge in [-0.1, -0.05) is 26.8 Å². The lowest BCUT2D eigenvalue weighted by molar-refractivity contribution is -0.127. The summed E-state index contributed by atoms with van der Waals surface area (Å²) in [6, 6.07) is 5.36. The zero-order chi connectivity index (χ0) is 15.8. The molecule has 1 aliphatic carbocycles. The summed E-state index contributed by atoms with van der Waals surface area (Å²) in [6.07, 6.45) is 1.65. The fraction of sp³-hybridized carbons (Fsp3) is 0.588. The van der Waals surface area contributed by atoms with E-state index in [-0.39, 0.29) is 34.9 Å². The molecule has 4 heteroatoms. The molecule has 0 heterocycles. The molecule has 1 aromatic rings. The zero-order valence-electron chi connectivity index (χ0n) is 13.3. The number of aryl methyl sites for hydroxylation is 1. The average Bonchev–Trinajstić information content (AvgIpc) is 2.40. The van der Waals surface area contributed by atoms with E-state index in [0.29, 0.717) is 5.69 Å².